The zero-order chi connectivity index (χ0) is 21.3. The standard InChI is InChI=1S/C22H28N4O2S2/c27-21(25-17-4-8-19(29)9-5-17)23-13-15-2-1-3-16(12-15)14-24-22(28)26-18-6-10-20(30)11-7-18/h4-11,15-16,29-30H,1-3,12-14H2,(H2,23,25,27)(H2,24,26,28)/t15-,16-/m0/s1. The second kappa shape index (κ2) is 11.2. The van der Waals surface area contributed by atoms with Crippen molar-refractivity contribution in [2.45, 2.75) is 35.5 Å². The van der Waals surface area contributed by atoms with Crippen LogP contribution in [0.2, 0.25) is 0 Å². The summed E-state index contributed by atoms with van der Waals surface area (Å²) in [5.74, 6) is 0.837. The molecule has 0 aliphatic heterocycles. The third-order valence-electron chi connectivity index (χ3n) is 5.24. The molecule has 1 saturated carbocycles. The van der Waals surface area contributed by atoms with E-state index in [9.17, 15) is 9.59 Å². The molecule has 1 fully saturated rings. The minimum atomic E-state index is -0.200. The highest BCUT2D eigenvalue weighted by molar-refractivity contribution is 7.80. The Morgan fingerprint density at radius 1 is 0.733 bits per heavy atom. The molecular formula is C22H28N4O2S2. The fourth-order valence-corrected chi connectivity index (χ4v) is 3.99. The van der Waals surface area contributed by atoms with Crippen molar-refractivity contribution in [2.75, 3.05) is 23.7 Å². The Hall–Kier alpha value is -2.32. The summed E-state index contributed by atoms with van der Waals surface area (Å²) in [6.45, 7) is 1.27. The maximum atomic E-state index is 12.1. The van der Waals surface area contributed by atoms with Gasteiger partial charge in [-0.1, -0.05) is 6.42 Å². The molecule has 3 rings (SSSR count). The molecule has 0 radical (unpaired) electrons. The molecule has 1 aliphatic carbocycles. The molecular weight excluding hydrogens is 416 g/mol. The van der Waals surface area contributed by atoms with Gasteiger partial charge in [-0.05, 0) is 79.6 Å². The van der Waals surface area contributed by atoms with Crippen molar-refractivity contribution >= 4 is 48.7 Å². The van der Waals surface area contributed by atoms with E-state index in [4.69, 9.17) is 0 Å². The third kappa shape index (κ3) is 7.50. The zero-order valence-electron chi connectivity index (χ0n) is 16.7. The zero-order valence-corrected chi connectivity index (χ0v) is 18.5. The smallest absolute Gasteiger partial charge is 0.319 e. The number of carbonyl (C=O) groups is 2. The maximum absolute atomic E-state index is 12.1. The second-order valence-electron chi connectivity index (χ2n) is 7.66. The van der Waals surface area contributed by atoms with Gasteiger partial charge in [0, 0.05) is 34.3 Å². The number of benzene rings is 2. The molecule has 4 N–H and O–H groups in total. The molecule has 30 heavy (non-hydrogen) atoms. The molecule has 160 valence electrons. The number of thiol groups is 2. The fraction of sp³-hybridized carbons (Fsp3) is 0.364. The summed E-state index contributed by atoms with van der Waals surface area (Å²) in [7, 11) is 0. The lowest BCUT2D eigenvalue weighted by molar-refractivity contribution is 0.230. The first kappa shape index (κ1) is 22.4. The van der Waals surface area contributed by atoms with Crippen LogP contribution in [0.25, 0.3) is 0 Å². The van der Waals surface area contributed by atoms with Gasteiger partial charge in [0.2, 0.25) is 0 Å². The van der Waals surface area contributed by atoms with Crippen molar-refractivity contribution in [3.05, 3.63) is 48.5 Å². The van der Waals surface area contributed by atoms with Gasteiger partial charge in [-0.25, -0.2) is 9.59 Å². The first-order valence-electron chi connectivity index (χ1n) is 10.2. The average Bonchev–Trinajstić information content (AvgIpc) is 2.74. The Kier molecular flexibility index (Phi) is 8.33. The average molecular weight is 445 g/mol. The van der Waals surface area contributed by atoms with Crippen molar-refractivity contribution in [3.8, 4) is 0 Å². The first-order valence-corrected chi connectivity index (χ1v) is 11.0. The van der Waals surface area contributed by atoms with Crippen molar-refractivity contribution in [3.63, 3.8) is 0 Å². The fourth-order valence-electron chi connectivity index (χ4n) is 3.69. The van der Waals surface area contributed by atoms with Crippen LogP contribution in [0.4, 0.5) is 21.0 Å². The summed E-state index contributed by atoms with van der Waals surface area (Å²) in [6, 6.07) is 14.2. The van der Waals surface area contributed by atoms with Gasteiger partial charge < -0.3 is 21.3 Å². The summed E-state index contributed by atoms with van der Waals surface area (Å²) < 4.78 is 0. The predicted molar refractivity (Wildman–Crippen MR) is 127 cm³/mol. The van der Waals surface area contributed by atoms with Gasteiger partial charge in [0.25, 0.3) is 0 Å². The molecule has 4 amide bonds. The Labute approximate surface area is 188 Å². The van der Waals surface area contributed by atoms with Crippen LogP contribution in [0.15, 0.2) is 58.3 Å². The Balaban J connectivity index is 1.36. The van der Waals surface area contributed by atoms with Crippen molar-refractivity contribution in [1.82, 2.24) is 10.6 Å². The normalized spacial score (nSPS) is 18.3. The van der Waals surface area contributed by atoms with Gasteiger partial charge >= 0.3 is 12.1 Å². The SMILES string of the molecule is O=C(NC[C@H]1CCC[C@H](CNC(=O)Nc2ccc(S)cc2)C1)Nc1ccc(S)cc1. The van der Waals surface area contributed by atoms with Crippen LogP contribution in [0.3, 0.4) is 0 Å². The number of anilines is 2. The van der Waals surface area contributed by atoms with Gasteiger partial charge in [-0.2, -0.15) is 0 Å². The minimum absolute atomic E-state index is 0.200. The lowest BCUT2D eigenvalue weighted by atomic mass is 9.81. The molecule has 8 heteroatoms. The molecule has 0 heterocycles. The minimum Gasteiger partial charge on any atom is -0.338 e. The first-order chi connectivity index (χ1) is 14.5. The number of hydrogen-bond acceptors (Lipinski definition) is 4. The van der Waals surface area contributed by atoms with E-state index in [0.29, 0.717) is 24.9 Å². The molecule has 0 bridgehead atoms. The van der Waals surface area contributed by atoms with E-state index < -0.39 is 0 Å². The van der Waals surface area contributed by atoms with E-state index in [-0.39, 0.29) is 12.1 Å². The lowest BCUT2D eigenvalue weighted by Crippen LogP contribution is -2.38. The van der Waals surface area contributed by atoms with Gasteiger partial charge in [-0.3, -0.25) is 0 Å². The summed E-state index contributed by atoms with van der Waals surface area (Å²) in [6.07, 6.45) is 4.28. The Morgan fingerprint density at radius 3 is 1.53 bits per heavy atom. The lowest BCUT2D eigenvalue weighted by Gasteiger charge is -2.29. The second-order valence-corrected chi connectivity index (χ2v) is 8.70. The van der Waals surface area contributed by atoms with E-state index in [1.54, 1.807) is 0 Å². The van der Waals surface area contributed by atoms with E-state index in [2.05, 4.69) is 46.5 Å². The highest BCUT2D eigenvalue weighted by Gasteiger charge is 2.22. The summed E-state index contributed by atoms with van der Waals surface area (Å²) in [5, 5.41) is 11.6. The summed E-state index contributed by atoms with van der Waals surface area (Å²) in [4.78, 5) is 25.9. The van der Waals surface area contributed by atoms with Gasteiger partial charge in [0.1, 0.15) is 0 Å². The summed E-state index contributed by atoms with van der Waals surface area (Å²) >= 11 is 8.48. The third-order valence-corrected chi connectivity index (χ3v) is 5.84. The van der Waals surface area contributed by atoms with E-state index >= 15 is 0 Å². The van der Waals surface area contributed by atoms with Crippen LogP contribution < -0.4 is 21.3 Å². The molecule has 2 aromatic carbocycles. The van der Waals surface area contributed by atoms with Crippen LogP contribution in [0.5, 0.6) is 0 Å². The van der Waals surface area contributed by atoms with Crippen LogP contribution in [0.1, 0.15) is 25.7 Å². The Bertz CT molecular complexity index is 774. The van der Waals surface area contributed by atoms with E-state index in [1.807, 2.05) is 48.5 Å². The number of urea groups is 2. The van der Waals surface area contributed by atoms with E-state index in [0.717, 1.165) is 46.8 Å². The van der Waals surface area contributed by atoms with Gasteiger partial charge in [0.15, 0.2) is 0 Å². The quantitative estimate of drug-likeness (QED) is 0.354. The molecule has 1 aliphatic rings. The molecule has 2 atom stereocenters. The molecule has 0 spiro atoms. The molecule has 0 saturated heterocycles. The van der Waals surface area contributed by atoms with Crippen LogP contribution in [0, 0.1) is 11.8 Å². The number of carbonyl (C=O) groups excluding carboxylic acids is 2. The number of rotatable bonds is 6. The Morgan fingerprint density at radius 2 is 1.13 bits per heavy atom. The maximum Gasteiger partial charge on any atom is 0.319 e. The van der Waals surface area contributed by atoms with Crippen LogP contribution >= 0.6 is 25.3 Å². The van der Waals surface area contributed by atoms with Crippen molar-refractivity contribution in [2.24, 2.45) is 11.8 Å². The van der Waals surface area contributed by atoms with Crippen molar-refractivity contribution in [1.29, 1.82) is 0 Å². The molecule has 0 unspecified atom stereocenters. The topological polar surface area (TPSA) is 82.3 Å². The predicted octanol–water partition coefficient (Wildman–Crippen LogP) is 5.01. The van der Waals surface area contributed by atoms with Crippen LogP contribution in [-0.4, -0.2) is 25.2 Å². The largest absolute Gasteiger partial charge is 0.338 e. The van der Waals surface area contributed by atoms with Crippen molar-refractivity contribution < 1.29 is 9.59 Å². The summed E-state index contributed by atoms with van der Waals surface area (Å²) in [5.41, 5.74) is 1.48. The molecule has 0 aromatic heterocycles. The number of nitrogens with one attached hydrogen (secondary N) is 4. The highest BCUT2D eigenvalue weighted by atomic mass is 32.1. The highest BCUT2D eigenvalue weighted by Crippen LogP contribution is 2.28. The van der Waals surface area contributed by atoms with Gasteiger partial charge in [-0.15, -0.1) is 25.3 Å². The number of hydrogen-bond donors (Lipinski definition) is 6. The molecule has 2 aromatic rings. The molecule has 6 nitrogen and oxygen atoms in total. The van der Waals surface area contributed by atoms with Crippen LogP contribution in [-0.2, 0) is 0 Å². The van der Waals surface area contributed by atoms with Gasteiger partial charge in [0.05, 0.1) is 0 Å². The monoisotopic (exact) mass is 444 g/mol. The number of amides is 4. The van der Waals surface area contributed by atoms with E-state index in [1.165, 1.54) is 0 Å².